The Bertz CT molecular complexity index is 373. The first-order valence-electron chi connectivity index (χ1n) is 4.16. The van der Waals surface area contributed by atoms with Gasteiger partial charge in [-0.3, -0.25) is 4.79 Å². The van der Waals surface area contributed by atoms with E-state index in [0.717, 1.165) is 11.3 Å². The van der Waals surface area contributed by atoms with Gasteiger partial charge in [-0.05, 0) is 24.3 Å². The van der Waals surface area contributed by atoms with Crippen LogP contribution in [0.3, 0.4) is 0 Å². The molecule has 72 valence electrons. The molecule has 0 aliphatic carbocycles. The molecule has 1 rings (SSSR count). The first-order chi connectivity index (χ1) is 6.68. The second-order valence-electron chi connectivity index (χ2n) is 2.70. The van der Waals surface area contributed by atoms with Gasteiger partial charge in [-0.15, -0.1) is 0 Å². The Hall–Kier alpha value is -1.40. The summed E-state index contributed by atoms with van der Waals surface area (Å²) >= 11 is 1.22. The summed E-state index contributed by atoms with van der Waals surface area (Å²) < 4.78 is 0. The summed E-state index contributed by atoms with van der Waals surface area (Å²) in [5.41, 5.74) is 7.17. The van der Waals surface area contributed by atoms with Crippen molar-refractivity contribution in [2.24, 2.45) is 0 Å². The molecular formula is C11H11NOS. The summed E-state index contributed by atoms with van der Waals surface area (Å²) in [6, 6.07) is 7.34. The van der Waals surface area contributed by atoms with E-state index in [1.54, 1.807) is 0 Å². The van der Waals surface area contributed by atoms with Crippen LogP contribution in [-0.4, -0.2) is 10.9 Å². The third-order valence-corrected chi connectivity index (χ3v) is 2.19. The normalized spacial score (nSPS) is 8.93. The number of nitrogen functional groups attached to an aromatic ring is 1. The Balaban J connectivity index is 2.51. The fourth-order valence-electron chi connectivity index (χ4n) is 0.842. The minimum atomic E-state index is 0.0941. The second-order valence-corrected chi connectivity index (χ2v) is 3.86. The Labute approximate surface area is 87.9 Å². The molecule has 0 radical (unpaired) electrons. The van der Waals surface area contributed by atoms with Gasteiger partial charge in [0.05, 0.1) is 5.75 Å². The zero-order chi connectivity index (χ0) is 10.4. The van der Waals surface area contributed by atoms with Crippen LogP contribution in [0.2, 0.25) is 0 Å². The third kappa shape index (κ3) is 4.01. The van der Waals surface area contributed by atoms with E-state index in [0.29, 0.717) is 5.75 Å². The Morgan fingerprint density at radius 1 is 1.43 bits per heavy atom. The Morgan fingerprint density at radius 2 is 2.07 bits per heavy atom. The van der Waals surface area contributed by atoms with E-state index >= 15 is 0 Å². The molecule has 0 unspecified atom stereocenters. The van der Waals surface area contributed by atoms with Gasteiger partial charge in [0, 0.05) is 18.2 Å². The van der Waals surface area contributed by atoms with Crippen molar-refractivity contribution in [3.05, 3.63) is 29.8 Å². The van der Waals surface area contributed by atoms with Gasteiger partial charge in [-0.1, -0.05) is 23.6 Å². The van der Waals surface area contributed by atoms with E-state index in [1.807, 2.05) is 24.3 Å². The summed E-state index contributed by atoms with van der Waals surface area (Å²) in [4.78, 5) is 10.6. The monoisotopic (exact) mass is 205 g/mol. The van der Waals surface area contributed by atoms with Crippen LogP contribution in [0.4, 0.5) is 5.69 Å². The van der Waals surface area contributed by atoms with E-state index in [2.05, 4.69) is 11.8 Å². The summed E-state index contributed by atoms with van der Waals surface area (Å²) in [5, 5.41) is 0.0941. The molecule has 0 aliphatic rings. The molecule has 0 aromatic heterocycles. The van der Waals surface area contributed by atoms with Gasteiger partial charge in [-0.25, -0.2) is 0 Å². The summed E-state index contributed by atoms with van der Waals surface area (Å²) in [7, 11) is 0. The van der Waals surface area contributed by atoms with Crippen molar-refractivity contribution in [1.29, 1.82) is 0 Å². The number of thioether (sulfide) groups is 1. The smallest absolute Gasteiger partial charge is 0.186 e. The molecule has 3 heteroatoms. The molecule has 0 atom stereocenters. The molecule has 0 bridgehead atoms. The predicted octanol–water partition coefficient (Wildman–Crippen LogP) is 1.90. The molecule has 1 aromatic carbocycles. The molecule has 0 heterocycles. The lowest BCUT2D eigenvalue weighted by molar-refractivity contribution is -0.109. The highest BCUT2D eigenvalue weighted by molar-refractivity contribution is 8.13. The number of benzene rings is 1. The highest BCUT2D eigenvalue weighted by atomic mass is 32.2. The van der Waals surface area contributed by atoms with Crippen LogP contribution in [0, 0.1) is 11.8 Å². The lowest BCUT2D eigenvalue weighted by Crippen LogP contribution is -1.84. The van der Waals surface area contributed by atoms with Crippen molar-refractivity contribution < 1.29 is 4.79 Å². The fourth-order valence-corrected chi connectivity index (χ4v) is 1.19. The zero-order valence-corrected chi connectivity index (χ0v) is 8.73. The first-order valence-corrected chi connectivity index (χ1v) is 5.15. The molecule has 0 fully saturated rings. The molecule has 1 aromatic rings. The number of hydrogen-bond acceptors (Lipinski definition) is 3. The number of hydrogen-bond donors (Lipinski definition) is 1. The van der Waals surface area contributed by atoms with E-state index in [-0.39, 0.29) is 5.12 Å². The van der Waals surface area contributed by atoms with E-state index in [1.165, 1.54) is 18.7 Å². The zero-order valence-electron chi connectivity index (χ0n) is 7.91. The summed E-state index contributed by atoms with van der Waals surface area (Å²) in [6.07, 6.45) is 0. The summed E-state index contributed by atoms with van der Waals surface area (Å²) in [6.45, 7) is 1.54. The van der Waals surface area contributed by atoms with Crippen LogP contribution in [0.5, 0.6) is 0 Å². The maximum absolute atomic E-state index is 10.6. The largest absolute Gasteiger partial charge is 0.399 e. The number of carbonyl (C=O) groups is 1. The van der Waals surface area contributed by atoms with Crippen molar-refractivity contribution in [2.75, 3.05) is 11.5 Å². The summed E-state index contributed by atoms with van der Waals surface area (Å²) in [5.74, 6) is 6.39. The van der Waals surface area contributed by atoms with Gasteiger partial charge in [0.1, 0.15) is 0 Å². The topological polar surface area (TPSA) is 43.1 Å². The number of rotatable bonds is 1. The van der Waals surface area contributed by atoms with Crippen LogP contribution < -0.4 is 5.73 Å². The van der Waals surface area contributed by atoms with Crippen molar-refractivity contribution in [3.63, 3.8) is 0 Å². The van der Waals surface area contributed by atoms with Crippen LogP contribution in [0.1, 0.15) is 12.5 Å². The minimum Gasteiger partial charge on any atom is -0.399 e. The Morgan fingerprint density at radius 3 is 2.64 bits per heavy atom. The highest BCUT2D eigenvalue weighted by Gasteiger charge is 1.89. The SMILES string of the molecule is CC(=O)SCC#Cc1ccc(N)cc1. The molecule has 0 spiro atoms. The van der Waals surface area contributed by atoms with Gasteiger partial charge in [0.2, 0.25) is 0 Å². The fraction of sp³-hybridized carbons (Fsp3) is 0.182. The highest BCUT2D eigenvalue weighted by Crippen LogP contribution is 2.04. The first kappa shape index (κ1) is 10.7. The van der Waals surface area contributed by atoms with Crippen molar-refractivity contribution in [2.45, 2.75) is 6.92 Å². The van der Waals surface area contributed by atoms with Gasteiger partial charge >= 0.3 is 0 Å². The molecule has 2 N–H and O–H groups in total. The average Bonchev–Trinajstić information content (AvgIpc) is 2.15. The Kier molecular flexibility index (Phi) is 4.09. The minimum absolute atomic E-state index is 0.0941. The molecule has 2 nitrogen and oxygen atoms in total. The van der Waals surface area contributed by atoms with Crippen LogP contribution in [0.25, 0.3) is 0 Å². The lowest BCUT2D eigenvalue weighted by atomic mass is 10.2. The van der Waals surface area contributed by atoms with E-state index in [4.69, 9.17) is 5.73 Å². The molecule has 0 saturated heterocycles. The van der Waals surface area contributed by atoms with E-state index in [9.17, 15) is 4.79 Å². The average molecular weight is 205 g/mol. The predicted molar refractivity (Wildman–Crippen MR) is 60.9 cm³/mol. The molecule has 0 saturated carbocycles. The standard InChI is InChI=1S/C11H11NOS/c1-9(13)14-8-2-3-10-4-6-11(12)7-5-10/h4-7H,8,12H2,1H3. The number of anilines is 1. The maximum atomic E-state index is 10.6. The quantitative estimate of drug-likeness (QED) is 0.562. The number of carbonyl (C=O) groups excluding carboxylic acids is 1. The molecule has 14 heavy (non-hydrogen) atoms. The lowest BCUT2D eigenvalue weighted by Gasteiger charge is -1.91. The van der Waals surface area contributed by atoms with Crippen LogP contribution >= 0.6 is 11.8 Å². The number of nitrogens with two attached hydrogens (primary N) is 1. The maximum Gasteiger partial charge on any atom is 0.186 e. The van der Waals surface area contributed by atoms with E-state index < -0.39 is 0 Å². The molecular weight excluding hydrogens is 194 g/mol. The molecule has 0 aliphatic heterocycles. The van der Waals surface area contributed by atoms with Gasteiger partial charge < -0.3 is 5.73 Å². The van der Waals surface area contributed by atoms with Crippen molar-refractivity contribution >= 4 is 22.6 Å². The second kappa shape index (κ2) is 5.36. The van der Waals surface area contributed by atoms with Gasteiger partial charge in [0.25, 0.3) is 0 Å². The molecule has 0 amide bonds. The van der Waals surface area contributed by atoms with Crippen LogP contribution in [-0.2, 0) is 4.79 Å². The van der Waals surface area contributed by atoms with Crippen molar-refractivity contribution in [3.8, 4) is 11.8 Å². The van der Waals surface area contributed by atoms with Gasteiger partial charge in [-0.2, -0.15) is 0 Å². The van der Waals surface area contributed by atoms with Crippen LogP contribution in [0.15, 0.2) is 24.3 Å². The van der Waals surface area contributed by atoms with Crippen molar-refractivity contribution in [1.82, 2.24) is 0 Å². The van der Waals surface area contributed by atoms with Gasteiger partial charge in [0.15, 0.2) is 5.12 Å². The third-order valence-electron chi connectivity index (χ3n) is 1.49.